The zero-order chi connectivity index (χ0) is 22.6. The molecule has 0 spiro atoms. The molecular formula is C24H25N9S. The number of aromatic nitrogens is 5. The molecule has 34 heavy (non-hydrogen) atoms. The molecule has 0 aliphatic carbocycles. The van der Waals surface area contributed by atoms with Crippen LogP contribution in [0.5, 0.6) is 0 Å². The van der Waals surface area contributed by atoms with Crippen LogP contribution in [0, 0.1) is 0 Å². The van der Waals surface area contributed by atoms with Crippen LogP contribution in [0.1, 0.15) is 17.7 Å². The lowest BCUT2D eigenvalue weighted by Crippen LogP contribution is -2.45. The van der Waals surface area contributed by atoms with Gasteiger partial charge in [-0.3, -0.25) is 9.88 Å². The average Bonchev–Trinajstić information content (AvgIpc) is 3.57. The number of hydrogen-bond acceptors (Lipinski definition) is 10. The molecule has 4 aromatic heterocycles. The summed E-state index contributed by atoms with van der Waals surface area (Å²) in [7, 11) is 2.20. The van der Waals surface area contributed by atoms with Crippen LogP contribution >= 0.6 is 11.3 Å². The van der Waals surface area contributed by atoms with E-state index in [2.05, 4.69) is 48.1 Å². The second kappa shape index (κ2) is 7.85. The number of fused-ring (bicyclic) bond motifs is 4. The standard InChI is InChI=1S/C24H25N9S/c1-31-12-17-9-16(31)13-33(17)23-26-7-4-21(30-23)29-22-10-18-20(11-27-22)34-24(28-18)32-8-5-15-3-2-6-25-19(15)14-32/h2-4,6-7,10-11,16-17H,5,8-9,12-14H2,1H3,(H,26,27,29,30)/t16-,17-/m0/s1. The molecule has 0 amide bonds. The van der Waals surface area contributed by atoms with Crippen molar-refractivity contribution in [1.82, 2.24) is 29.8 Å². The third-order valence-electron chi connectivity index (χ3n) is 7.18. The second-order valence-electron chi connectivity index (χ2n) is 9.32. The summed E-state index contributed by atoms with van der Waals surface area (Å²) in [5.41, 5.74) is 3.43. The predicted molar refractivity (Wildman–Crippen MR) is 134 cm³/mol. The van der Waals surface area contributed by atoms with E-state index < -0.39 is 0 Å². The van der Waals surface area contributed by atoms with E-state index in [9.17, 15) is 0 Å². The first-order valence-electron chi connectivity index (χ1n) is 11.7. The third-order valence-corrected chi connectivity index (χ3v) is 8.25. The molecule has 2 atom stereocenters. The van der Waals surface area contributed by atoms with Crippen molar-refractivity contribution in [2.45, 2.75) is 31.5 Å². The molecule has 172 valence electrons. The molecule has 9 nitrogen and oxygen atoms in total. The molecule has 0 radical (unpaired) electrons. The highest BCUT2D eigenvalue weighted by atomic mass is 32.1. The van der Waals surface area contributed by atoms with Gasteiger partial charge in [-0.05, 0) is 37.6 Å². The molecule has 0 unspecified atom stereocenters. The molecule has 1 N–H and O–H groups in total. The van der Waals surface area contributed by atoms with Crippen molar-refractivity contribution in [3.05, 3.63) is 54.1 Å². The zero-order valence-corrected chi connectivity index (χ0v) is 19.7. The maximum absolute atomic E-state index is 4.92. The molecule has 2 fully saturated rings. The molecule has 0 aromatic carbocycles. The fraction of sp³-hybridized carbons (Fsp3) is 0.375. The van der Waals surface area contributed by atoms with E-state index in [4.69, 9.17) is 9.97 Å². The number of likely N-dealkylation sites (N-methyl/N-ethyl adjacent to an activating group) is 1. The summed E-state index contributed by atoms with van der Waals surface area (Å²) in [5.74, 6) is 2.28. The lowest BCUT2D eigenvalue weighted by atomic mass is 10.1. The topological polar surface area (TPSA) is 86.2 Å². The number of thiazole rings is 1. The van der Waals surface area contributed by atoms with Gasteiger partial charge in [0, 0.05) is 56.4 Å². The average molecular weight is 472 g/mol. The first kappa shape index (κ1) is 20.0. The van der Waals surface area contributed by atoms with Gasteiger partial charge in [0.05, 0.1) is 22.5 Å². The molecule has 4 aromatic rings. The fourth-order valence-corrected chi connectivity index (χ4v) is 6.28. The van der Waals surface area contributed by atoms with Crippen molar-refractivity contribution >= 4 is 44.3 Å². The van der Waals surface area contributed by atoms with Gasteiger partial charge >= 0.3 is 0 Å². The summed E-state index contributed by atoms with van der Waals surface area (Å²) in [6, 6.07) is 9.19. The Bertz CT molecular complexity index is 1370. The Morgan fingerprint density at radius 1 is 1.03 bits per heavy atom. The predicted octanol–water partition coefficient (Wildman–Crippen LogP) is 3.08. The number of nitrogens with zero attached hydrogens (tertiary/aromatic N) is 8. The van der Waals surface area contributed by atoms with Crippen molar-refractivity contribution < 1.29 is 0 Å². The Morgan fingerprint density at radius 2 is 2.00 bits per heavy atom. The summed E-state index contributed by atoms with van der Waals surface area (Å²) in [4.78, 5) is 30.5. The fourth-order valence-electron chi connectivity index (χ4n) is 5.34. The number of piperazine rings is 1. The minimum Gasteiger partial charge on any atom is -0.342 e. The van der Waals surface area contributed by atoms with Crippen LogP contribution < -0.4 is 15.1 Å². The van der Waals surface area contributed by atoms with E-state index in [1.54, 1.807) is 11.3 Å². The number of likely N-dealkylation sites (tertiary alicyclic amines) is 1. The van der Waals surface area contributed by atoms with Crippen LogP contribution in [0.4, 0.5) is 22.7 Å². The molecule has 10 heteroatoms. The quantitative estimate of drug-likeness (QED) is 0.482. The normalized spacial score (nSPS) is 21.9. The zero-order valence-electron chi connectivity index (χ0n) is 18.9. The highest BCUT2D eigenvalue weighted by Gasteiger charge is 2.42. The second-order valence-corrected chi connectivity index (χ2v) is 10.3. The summed E-state index contributed by atoms with van der Waals surface area (Å²) < 4.78 is 1.08. The van der Waals surface area contributed by atoms with Gasteiger partial charge in [-0.25, -0.2) is 15.0 Å². The maximum Gasteiger partial charge on any atom is 0.227 e. The van der Waals surface area contributed by atoms with E-state index >= 15 is 0 Å². The number of hydrogen-bond donors (Lipinski definition) is 1. The molecule has 0 saturated carbocycles. The third kappa shape index (κ3) is 3.45. The van der Waals surface area contributed by atoms with Crippen LogP contribution in [-0.2, 0) is 13.0 Å². The summed E-state index contributed by atoms with van der Waals surface area (Å²) in [5, 5.41) is 4.37. The van der Waals surface area contributed by atoms with Crippen LogP contribution in [0.15, 0.2) is 42.9 Å². The summed E-state index contributed by atoms with van der Waals surface area (Å²) in [6.45, 7) is 3.82. The SMILES string of the molecule is CN1C[C@@H]2C[C@H]1CN2c1nccc(Nc2cc3nc(N4CCc5cccnc5C4)sc3cn2)n1. The van der Waals surface area contributed by atoms with E-state index in [1.165, 1.54) is 12.0 Å². The highest BCUT2D eigenvalue weighted by molar-refractivity contribution is 7.22. The molecule has 2 bridgehead atoms. The van der Waals surface area contributed by atoms with Gasteiger partial charge < -0.3 is 15.1 Å². The summed E-state index contributed by atoms with van der Waals surface area (Å²) >= 11 is 1.68. The van der Waals surface area contributed by atoms with Crippen molar-refractivity contribution in [2.24, 2.45) is 0 Å². The molecule has 3 aliphatic heterocycles. The lowest BCUT2D eigenvalue weighted by molar-refractivity contribution is 0.291. The van der Waals surface area contributed by atoms with E-state index in [0.29, 0.717) is 12.1 Å². The highest BCUT2D eigenvalue weighted by Crippen LogP contribution is 2.34. The van der Waals surface area contributed by atoms with Gasteiger partial charge in [0.1, 0.15) is 11.6 Å². The molecule has 2 saturated heterocycles. The van der Waals surface area contributed by atoms with Gasteiger partial charge in [-0.2, -0.15) is 4.98 Å². The van der Waals surface area contributed by atoms with Gasteiger partial charge in [0.2, 0.25) is 5.95 Å². The van der Waals surface area contributed by atoms with Crippen molar-refractivity contribution in [3.8, 4) is 0 Å². The van der Waals surface area contributed by atoms with Crippen molar-refractivity contribution in [2.75, 3.05) is 41.8 Å². The Labute approximate surface area is 201 Å². The minimum absolute atomic E-state index is 0.505. The first-order valence-corrected chi connectivity index (χ1v) is 12.5. The monoisotopic (exact) mass is 471 g/mol. The van der Waals surface area contributed by atoms with Gasteiger partial charge in [0.25, 0.3) is 0 Å². The van der Waals surface area contributed by atoms with E-state index in [0.717, 1.165) is 71.2 Å². The Kier molecular flexibility index (Phi) is 4.63. The first-order chi connectivity index (χ1) is 16.7. The number of nitrogens with one attached hydrogen (secondary N) is 1. The van der Waals surface area contributed by atoms with E-state index in [1.807, 2.05) is 36.8 Å². The van der Waals surface area contributed by atoms with Crippen LogP contribution in [0.2, 0.25) is 0 Å². The number of rotatable bonds is 4. The smallest absolute Gasteiger partial charge is 0.227 e. The van der Waals surface area contributed by atoms with Crippen LogP contribution in [0.25, 0.3) is 10.2 Å². The van der Waals surface area contributed by atoms with Crippen molar-refractivity contribution in [1.29, 1.82) is 0 Å². The largest absolute Gasteiger partial charge is 0.342 e. The Hall–Kier alpha value is -3.37. The van der Waals surface area contributed by atoms with Crippen molar-refractivity contribution in [3.63, 3.8) is 0 Å². The molecule has 7 rings (SSSR count). The number of pyridine rings is 2. The Balaban J connectivity index is 1.10. The summed E-state index contributed by atoms with van der Waals surface area (Å²) in [6.07, 6.45) is 7.78. The Morgan fingerprint density at radius 3 is 2.88 bits per heavy atom. The molecule has 3 aliphatic rings. The van der Waals surface area contributed by atoms with Crippen LogP contribution in [0.3, 0.4) is 0 Å². The molecule has 7 heterocycles. The lowest BCUT2D eigenvalue weighted by Gasteiger charge is -2.31. The van der Waals surface area contributed by atoms with Crippen LogP contribution in [-0.4, -0.2) is 68.6 Å². The maximum atomic E-state index is 4.92. The molecular weight excluding hydrogens is 446 g/mol. The van der Waals surface area contributed by atoms with Gasteiger partial charge in [-0.1, -0.05) is 17.4 Å². The number of anilines is 4. The van der Waals surface area contributed by atoms with Gasteiger partial charge in [0.15, 0.2) is 5.13 Å². The van der Waals surface area contributed by atoms with Gasteiger partial charge in [-0.15, -0.1) is 0 Å². The minimum atomic E-state index is 0.505. The van der Waals surface area contributed by atoms with E-state index in [-0.39, 0.29) is 0 Å².